The molecule has 0 aliphatic carbocycles. The summed E-state index contributed by atoms with van der Waals surface area (Å²) in [5.41, 5.74) is 0.255. The van der Waals surface area contributed by atoms with Gasteiger partial charge in [-0.3, -0.25) is 14.9 Å². The highest BCUT2D eigenvalue weighted by molar-refractivity contribution is 9.10. The number of hydrogen-bond acceptors (Lipinski definition) is 8. The number of thioether (sulfide) groups is 1. The zero-order valence-corrected chi connectivity index (χ0v) is 17.7. The molecule has 1 fully saturated rings. The fraction of sp³-hybridized carbons (Fsp3) is 0. The van der Waals surface area contributed by atoms with Gasteiger partial charge in [0, 0.05) is 12.1 Å². The lowest BCUT2D eigenvalue weighted by atomic mass is 10.2. The summed E-state index contributed by atoms with van der Waals surface area (Å²) in [6.45, 7) is 0. The molecule has 28 heavy (non-hydrogen) atoms. The fourth-order valence-electron chi connectivity index (χ4n) is 2.17. The van der Waals surface area contributed by atoms with Gasteiger partial charge >= 0.3 is 10.1 Å². The number of halogens is 1. The van der Waals surface area contributed by atoms with Crippen LogP contribution in [0.15, 0.2) is 56.7 Å². The summed E-state index contributed by atoms with van der Waals surface area (Å²) in [4.78, 5) is 21.9. The van der Waals surface area contributed by atoms with E-state index in [1.807, 2.05) is 0 Å². The van der Waals surface area contributed by atoms with Crippen molar-refractivity contribution in [3.8, 4) is 5.75 Å². The summed E-state index contributed by atoms with van der Waals surface area (Å²) in [5.74, 6) is -0.313. The minimum atomic E-state index is -4.28. The van der Waals surface area contributed by atoms with E-state index in [9.17, 15) is 23.3 Å². The third-order valence-corrected chi connectivity index (χ3v) is 6.42. The van der Waals surface area contributed by atoms with Crippen LogP contribution in [0.2, 0.25) is 0 Å². The lowest BCUT2D eigenvalue weighted by Crippen LogP contribution is -2.17. The van der Waals surface area contributed by atoms with E-state index >= 15 is 0 Å². The maximum absolute atomic E-state index is 12.4. The van der Waals surface area contributed by atoms with Crippen molar-refractivity contribution in [1.29, 1.82) is 0 Å². The van der Waals surface area contributed by atoms with E-state index in [2.05, 4.69) is 21.2 Å². The Hall–Kier alpha value is -2.28. The van der Waals surface area contributed by atoms with Crippen LogP contribution in [0.5, 0.6) is 5.75 Å². The van der Waals surface area contributed by atoms with Crippen molar-refractivity contribution in [3.05, 3.63) is 67.5 Å². The van der Waals surface area contributed by atoms with Gasteiger partial charge in [0.2, 0.25) is 0 Å². The number of amides is 1. The molecular weight excluding hydrogens is 492 g/mol. The molecule has 0 atom stereocenters. The maximum Gasteiger partial charge on any atom is 0.339 e. The third-order valence-electron chi connectivity index (χ3n) is 3.41. The largest absolute Gasteiger partial charge is 0.378 e. The molecule has 0 bridgehead atoms. The van der Waals surface area contributed by atoms with Crippen molar-refractivity contribution in [3.63, 3.8) is 0 Å². The number of benzene rings is 2. The maximum atomic E-state index is 12.4. The second-order valence-corrected chi connectivity index (χ2v) is 9.45. The fourth-order valence-corrected chi connectivity index (χ4v) is 4.78. The van der Waals surface area contributed by atoms with Crippen molar-refractivity contribution < 1.29 is 22.3 Å². The van der Waals surface area contributed by atoms with Crippen LogP contribution in [0.4, 0.5) is 5.69 Å². The highest BCUT2D eigenvalue weighted by atomic mass is 79.9. The van der Waals surface area contributed by atoms with Crippen LogP contribution in [-0.2, 0) is 14.9 Å². The van der Waals surface area contributed by atoms with Gasteiger partial charge in [-0.15, -0.1) is 0 Å². The Balaban J connectivity index is 1.86. The molecule has 1 heterocycles. The average Bonchev–Trinajstić information content (AvgIpc) is 2.94. The predicted molar refractivity (Wildman–Crippen MR) is 111 cm³/mol. The SMILES string of the molecule is O=C1NC(=S)S/C1=C\c1ccc(OS(=O)(=O)c2cccc([N+](=O)[O-])c2)c(Br)c1. The summed E-state index contributed by atoms with van der Waals surface area (Å²) < 4.78 is 30.6. The topological polar surface area (TPSA) is 116 Å². The molecule has 0 spiro atoms. The van der Waals surface area contributed by atoms with E-state index in [1.165, 1.54) is 24.3 Å². The van der Waals surface area contributed by atoms with Crippen LogP contribution >= 0.6 is 39.9 Å². The summed E-state index contributed by atoms with van der Waals surface area (Å²) in [6.07, 6.45) is 1.60. The number of thiocarbonyl (C=S) groups is 1. The number of nitro benzene ring substituents is 1. The first kappa shape index (κ1) is 20.5. The molecule has 0 unspecified atom stereocenters. The van der Waals surface area contributed by atoms with Gasteiger partial charge in [0.05, 0.1) is 14.3 Å². The van der Waals surface area contributed by atoms with E-state index in [4.69, 9.17) is 16.4 Å². The highest BCUT2D eigenvalue weighted by Crippen LogP contribution is 2.32. The van der Waals surface area contributed by atoms with Crippen LogP contribution in [0, 0.1) is 10.1 Å². The van der Waals surface area contributed by atoms with Crippen LogP contribution < -0.4 is 9.50 Å². The van der Waals surface area contributed by atoms with Gasteiger partial charge in [0.25, 0.3) is 11.6 Å². The summed E-state index contributed by atoms with van der Waals surface area (Å²) in [6, 6.07) is 9.09. The molecular formula is C16H9BrN2O6S3. The Morgan fingerprint density at radius 3 is 2.61 bits per heavy atom. The molecule has 8 nitrogen and oxygen atoms in total. The van der Waals surface area contributed by atoms with Gasteiger partial charge in [-0.05, 0) is 45.8 Å². The summed E-state index contributed by atoms with van der Waals surface area (Å²) in [5, 5.41) is 13.3. The van der Waals surface area contributed by atoms with Gasteiger partial charge in [-0.2, -0.15) is 8.42 Å². The zero-order valence-electron chi connectivity index (χ0n) is 13.6. The minimum absolute atomic E-state index is 0.00676. The highest BCUT2D eigenvalue weighted by Gasteiger charge is 2.23. The molecule has 0 aromatic heterocycles. The molecule has 2 aromatic rings. The Morgan fingerprint density at radius 2 is 2.00 bits per heavy atom. The summed E-state index contributed by atoms with van der Waals surface area (Å²) in [7, 11) is -4.28. The van der Waals surface area contributed by atoms with Gasteiger partial charge in [-0.1, -0.05) is 36.1 Å². The van der Waals surface area contributed by atoms with E-state index in [-0.39, 0.29) is 22.2 Å². The van der Waals surface area contributed by atoms with E-state index in [1.54, 1.807) is 18.2 Å². The van der Waals surface area contributed by atoms with E-state index in [0.717, 1.165) is 17.8 Å². The second-order valence-electron chi connectivity index (χ2n) is 5.33. The molecule has 3 rings (SSSR count). The number of rotatable bonds is 5. The first-order chi connectivity index (χ1) is 13.2. The third kappa shape index (κ3) is 4.58. The first-order valence-electron chi connectivity index (χ1n) is 7.39. The van der Waals surface area contributed by atoms with Crippen molar-refractivity contribution in [2.45, 2.75) is 4.90 Å². The molecule has 1 saturated heterocycles. The number of carbonyl (C=O) groups excluding carboxylic acids is 1. The van der Waals surface area contributed by atoms with Gasteiger partial charge in [0.15, 0.2) is 5.75 Å². The second kappa shape index (κ2) is 7.99. The Bertz CT molecular complexity index is 1150. The Labute approximate surface area is 177 Å². The molecule has 0 radical (unpaired) electrons. The Kier molecular flexibility index (Phi) is 5.84. The average molecular weight is 501 g/mol. The van der Waals surface area contributed by atoms with Crippen LogP contribution in [-0.4, -0.2) is 23.6 Å². The monoisotopic (exact) mass is 500 g/mol. The van der Waals surface area contributed by atoms with Crippen molar-refractivity contribution in [2.24, 2.45) is 0 Å². The van der Waals surface area contributed by atoms with Gasteiger partial charge < -0.3 is 9.50 Å². The molecule has 144 valence electrons. The van der Waals surface area contributed by atoms with Crippen molar-refractivity contribution >= 4 is 72.0 Å². The predicted octanol–water partition coefficient (Wildman–Crippen LogP) is 3.61. The number of nitro groups is 1. The Morgan fingerprint density at radius 1 is 1.25 bits per heavy atom. The molecule has 1 aliphatic heterocycles. The van der Waals surface area contributed by atoms with Crippen molar-refractivity contribution in [2.75, 3.05) is 0 Å². The van der Waals surface area contributed by atoms with E-state index < -0.39 is 15.0 Å². The quantitative estimate of drug-likeness (QED) is 0.217. The van der Waals surface area contributed by atoms with Gasteiger partial charge in [-0.25, -0.2) is 0 Å². The number of hydrogen-bond donors (Lipinski definition) is 1. The van der Waals surface area contributed by atoms with Gasteiger partial charge in [0.1, 0.15) is 9.22 Å². The number of carbonyl (C=O) groups is 1. The van der Waals surface area contributed by atoms with Crippen LogP contribution in [0.1, 0.15) is 5.56 Å². The number of nitrogens with one attached hydrogen (secondary N) is 1. The number of non-ortho nitro benzene ring substituents is 1. The lowest BCUT2D eigenvalue weighted by Gasteiger charge is -2.09. The molecule has 12 heteroatoms. The minimum Gasteiger partial charge on any atom is -0.378 e. The normalized spacial score (nSPS) is 15.5. The zero-order chi connectivity index (χ0) is 20.5. The standard InChI is InChI=1S/C16H9BrN2O6S3/c17-12-6-9(7-14-15(20)18-16(26)27-14)4-5-13(12)25-28(23,24)11-3-1-2-10(8-11)19(21)22/h1-8H,(H,18,20,26)/b14-7-. The first-order valence-corrected chi connectivity index (χ1v) is 10.8. The van der Waals surface area contributed by atoms with Crippen LogP contribution in [0.25, 0.3) is 6.08 Å². The molecule has 1 aliphatic rings. The number of nitrogens with zero attached hydrogens (tertiary/aromatic N) is 1. The molecule has 2 aromatic carbocycles. The molecule has 0 saturated carbocycles. The summed E-state index contributed by atoms with van der Waals surface area (Å²) >= 11 is 9.27. The molecule has 1 N–H and O–H groups in total. The smallest absolute Gasteiger partial charge is 0.339 e. The van der Waals surface area contributed by atoms with Crippen LogP contribution in [0.3, 0.4) is 0 Å². The lowest BCUT2D eigenvalue weighted by molar-refractivity contribution is -0.385. The molecule has 1 amide bonds. The van der Waals surface area contributed by atoms with Crippen molar-refractivity contribution in [1.82, 2.24) is 5.32 Å². The van der Waals surface area contributed by atoms with E-state index in [0.29, 0.717) is 19.3 Å².